The molecule has 0 atom stereocenters. The summed E-state index contributed by atoms with van der Waals surface area (Å²) in [5.41, 5.74) is 38.4. The molecule has 9 nitrogen and oxygen atoms in total. The van der Waals surface area contributed by atoms with Crippen molar-refractivity contribution in [2.75, 3.05) is 0 Å². The number of hydrogen-bond acceptors (Lipinski definition) is 9. The van der Waals surface area contributed by atoms with Crippen LogP contribution in [-0.4, -0.2) is 44.9 Å². The van der Waals surface area contributed by atoms with Crippen LogP contribution in [0.25, 0.3) is 235 Å². The maximum Gasteiger partial charge on any atom is 0.164 e. The first-order chi connectivity index (χ1) is 72.1. The van der Waals surface area contributed by atoms with E-state index in [2.05, 4.69) is 472 Å². The van der Waals surface area contributed by atoms with E-state index in [1.54, 1.807) is 0 Å². The van der Waals surface area contributed by atoms with E-state index < -0.39 is 0 Å². The quantitative estimate of drug-likeness (QED) is 0.0989. The monoisotopic (exact) mass is 1880 g/mol. The molecule has 21 aromatic carbocycles. The van der Waals surface area contributed by atoms with Crippen molar-refractivity contribution in [3.8, 4) is 203 Å². The zero-order chi connectivity index (χ0) is 98.9. The second kappa shape index (κ2) is 37.4. The molecule has 3 aliphatic carbocycles. The van der Waals surface area contributed by atoms with Crippen LogP contribution in [0.1, 0.15) is 74.9 Å². The molecule has 696 valence electrons. The smallest absolute Gasteiger partial charge is 0.164 e. The summed E-state index contributed by atoms with van der Waals surface area (Å²) in [6.07, 6.45) is 0. The fourth-order valence-electron chi connectivity index (χ4n) is 21.9. The van der Waals surface area contributed by atoms with Gasteiger partial charge in [-0.25, -0.2) is 44.9 Å². The van der Waals surface area contributed by atoms with Crippen molar-refractivity contribution in [2.24, 2.45) is 0 Å². The number of fused-ring (bicyclic) bond motifs is 12. The van der Waals surface area contributed by atoms with Gasteiger partial charge in [0.1, 0.15) is 0 Å². The Morgan fingerprint density at radius 3 is 0.673 bits per heavy atom. The molecule has 0 radical (unpaired) electrons. The van der Waals surface area contributed by atoms with Gasteiger partial charge in [-0.15, -0.1) is 0 Å². The van der Waals surface area contributed by atoms with Gasteiger partial charge in [-0.2, -0.15) is 0 Å². The van der Waals surface area contributed by atoms with Crippen molar-refractivity contribution < 1.29 is 0 Å². The van der Waals surface area contributed by atoms with Crippen molar-refractivity contribution >= 4 is 32.3 Å². The molecule has 0 amide bonds. The van der Waals surface area contributed by atoms with Gasteiger partial charge in [0.15, 0.2) is 52.4 Å². The van der Waals surface area contributed by atoms with Crippen LogP contribution >= 0.6 is 0 Å². The Bertz CT molecular complexity index is 9090. The van der Waals surface area contributed by atoms with E-state index in [9.17, 15) is 0 Å². The van der Waals surface area contributed by atoms with Crippen molar-refractivity contribution in [3.63, 3.8) is 0 Å². The van der Waals surface area contributed by atoms with E-state index in [4.69, 9.17) is 44.9 Å². The standard InChI is InChI=1S/3C46H33N3/c1-46(2)41-25-10-9-23-37(41)40-28-35-21-13-24-38(39(35)29-42(40)46)45-48-43(31-16-7-4-8-17-31)47-44(49-45)36-22-12-20-34(27-36)33-19-11-18-32(26-33)30-14-5-3-6-15-30;1-46(2)41-22-10-9-20-37(41)40-28-35-18-12-21-38(39(35)29-42(40)46)45-48-43(33-15-7-4-8-16-33)47-44(49-45)36-19-11-17-34(27-36)32-25-23-31(24-26-32)30-13-5-3-6-14-30;1-46(2)41-16-10-9-15-39(41)40-28-36-25-26-37(27-38(36)29-42(40)46)45-48-43(34-21-17-32(18-22-34)30-11-5-3-6-12-30)47-44(49-45)35-23-19-33(20-24-35)31-13-7-4-8-14-31/h3*3-29H,1-2H3. The second-order valence-electron chi connectivity index (χ2n) is 39.9. The summed E-state index contributed by atoms with van der Waals surface area (Å²) in [7, 11) is 0. The highest BCUT2D eigenvalue weighted by molar-refractivity contribution is 6.04. The molecule has 3 aromatic heterocycles. The molecule has 0 N–H and O–H groups in total. The largest absolute Gasteiger partial charge is 0.208 e. The Morgan fingerprint density at radius 1 is 0.116 bits per heavy atom. The lowest BCUT2D eigenvalue weighted by molar-refractivity contribution is 0.661. The van der Waals surface area contributed by atoms with Crippen molar-refractivity contribution in [1.29, 1.82) is 0 Å². The van der Waals surface area contributed by atoms with Gasteiger partial charge in [0, 0.05) is 66.3 Å². The van der Waals surface area contributed by atoms with Crippen LogP contribution in [0.2, 0.25) is 0 Å². The average Bonchev–Trinajstić information content (AvgIpc) is 1.59. The molecule has 0 bridgehead atoms. The van der Waals surface area contributed by atoms with Gasteiger partial charge in [-0.1, -0.05) is 472 Å². The van der Waals surface area contributed by atoms with Crippen LogP contribution in [0.3, 0.4) is 0 Å². The number of nitrogens with zero attached hydrogens (tertiary/aromatic N) is 9. The highest BCUT2D eigenvalue weighted by Gasteiger charge is 2.39. The predicted molar refractivity (Wildman–Crippen MR) is 606 cm³/mol. The van der Waals surface area contributed by atoms with Crippen molar-refractivity contribution in [1.82, 2.24) is 44.9 Å². The van der Waals surface area contributed by atoms with Gasteiger partial charge in [-0.05, 0) is 227 Å². The first kappa shape index (κ1) is 89.8. The molecule has 147 heavy (non-hydrogen) atoms. The molecular weight excluding hydrogens is 1780 g/mol. The topological polar surface area (TPSA) is 116 Å². The first-order valence-electron chi connectivity index (χ1n) is 50.3. The molecule has 0 saturated carbocycles. The molecule has 27 rings (SSSR count). The van der Waals surface area contributed by atoms with Gasteiger partial charge < -0.3 is 0 Å². The van der Waals surface area contributed by atoms with Crippen LogP contribution in [0, 0.1) is 0 Å². The van der Waals surface area contributed by atoms with E-state index in [0.29, 0.717) is 52.4 Å². The minimum Gasteiger partial charge on any atom is -0.208 e. The number of aromatic nitrogens is 9. The average molecular weight is 1880 g/mol. The van der Waals surface area contributed by atoms with Gasteiger partial charge in [0.25, 0.3) is 0 Å². The van der Waals surface area contributed by atoms with E-state index in [-0.39, 0.29) is 16.2 Å². The molecule has 0 saturated heterocycles. The van der Waals surface area contributed by atoms with Crippen LogP contribution in [-0.2, 0) is 16.2 Å². The SMILES string of the molecule is CC1(C)c2ccccc2-c2cc3ccc(-c4nc(-c5ccc(-c6ccccc6)cc5)nc(-c5ccc(-c6ccccc6)cc5)n4)cc3cc21.CC1(C)c2ccccc2-c2cc3cccc(-c4nc(-c5ccccc5)nc(-c5cccc(-c6ccc(-c7ccccc7)cc6)c5)n4)c3cc21.CC1(C)c2ccccc2-c2cc3cccc(-c4nc(-c5ccccc5)nc(-c5cccc(-c6cccc(-c7ccccc7)c6)c5)n4)c3cc21. The van der Waals surface area contributed by atoms with E-state index in [1.165, 1.54) is 122 Å². The fourth-order valence-corrected chi connectivity index (χ4v) is 21.9. The van der Waals surface area contributed by atoms with Gasteiger partial charge in [-0.3, -0.25) is 0 Å². The van der Waals surface area contributed by atoms with E-state index >= 15 is 0 Å². The minimum atomic E-state index is -0.106. The molecule has 0 unspecified atom stereocenters. The molecule has 24 aromatic rings. The Balaban J connectivity index is 0.000000115. The Labute approximate surface area is 856 Å². The summed E-state index contributed by atoms with van der Waals surface area (Å²) in [6.45, 7) is 13.9. The maximum absolute atomic E-state index is 5.20. The summed E-state index contributed by atoms with van der Waals surface area (Å²) in [5, 5.41) is 7.02. The highest BCUT2D eigenvalue weighted by Crippen LogP contribution is 2.55. The van der Waals surface area contributed by atoms with Crippen LogP contribution in [0.5, 0.6) is 0 Å². The lowest BCUT2D eigenvalue weighted by atomic mass is 9.81. The zero-order valence-corrected chi connectivity index (χ0v) is 82.3. The van der Waals surface area contributed by atoms with Crippen molar-refractivity contribution in [3.05, 3.63) is 525 Å². The third kappa shape index (κ3) is 17.0. The van der Waals surface area contributed by atoms with Crippen LogP contribution in [0.4, 0.5) is 0 Å². The Kier molecular flexibility index (Phi) is 22.8. The summed E-state index contributed by atoms with van der Waals surface area (Å²) in [4.78, 5) is 45.9. The Morgan fingerprint density at radius 2 is 0.327 bits per heavy atom. The highest BCUT2D eigenvalue weighted by atomic mass is 15.1. The molecular formula is C138H99N9. The lowest BCUT2D eigenvalue weighted by Crippen LogP contribution is -2.14. The lowest BCUT2D eigenvalue weighted by Gasteiger charge is -2.22. The molecule has 0 spiro atoms. The summed E-state index contributed by atoms with van der Waals surface area (Å²) in [5.74, 6) is 5.90. The normalized spacial score (nSPS) is 12.9. The van der Waals surface area contributed by atoms with E-state index in [1.807, 2.05) is 60.7 Å². The zero-order valence-electron chi connectivity index (χ0n) is 82.3. The number of hydrogen-bond donors (Lipinski definition) is 0. The first-order valence-corrected chi connectivity index (χ1v) is 50.3. The summed E-state index contributed by atoms with van der Waals surface area (Å²) in [6, 6.07) is 174. The molecule has 0 fully saturated rings. The molecule has 3 heterocycles. The van der Waals surface area contributed by atoms with Gasteiger partial charge in [0.05, 0.1) is 0 Å². The number of benzene rings is 21. The Hall–Kier alpha value is -18.6. The third-order valence-electron chi connectivity index (χ3n) is 29.8. The predicted octanol–water partition coefficient (Wildman–Crippen LogP) is 35.0. The third-order valence-corrected chi connectivity index (χ3v) is 29.8. The summed E-state index contributed by atoms with van der Waals surface area (Å²) < 4.78 is 0. The molecule has 3 aliphatic rings. The number of rotatable bonds is 15. The molecule has 0 aliphatic heterocycles. The maximum atomic E-state index is 5.20. The fraction of sp³-hybridized carbons (Fsp3) is 0.0652. The van der Waals surface area contributed by atoms with Crippen LogP contribution in [0.15, 0.2) is 491 Å². The van der Waals surface area contributed by atoms with Crippen molar-refractivity contribution in [2.45, 2.75) is 57.8 Å². The second-order valence-corrected chi connectivity index (χ2v) is 39.9. The minimum absolute atomic E-state index is 0.0680. The van der Waals surface area contributed by atoms with Gasteiger partial charge in [0.2, 0.25) is 0 Å². The van der Waals surface area contributed by atoms with Gasteiger partial charge >= 0.3 is 0 Å². The van der Waals surface area contributed by atoms with Crippen LogP contribution < -0.4 is 0 Å². The molecule has 9 heteroatoms. The summed E-state index contributed by atoms with van der Waals surface area (Å²) >= 11 is 0. The van der Waals surface area contributed by atoms with E-state index in [0.717, 1.165) is 94.2 Å².